The normalized spacial score (nSPS) is 17.1. The molecule has 3 aromatic carbocycles. The highest BCUT2D eigenvalue weighted by molar-refractivity contribution is 14.1. The van der Waals surface area contributed by atoms with E-state index in [1.807, 2.05) is 55.5 Å². The van der Waals surface area contributed by atoms with Crippen LogP contribution in [0, 0.1) is 10.5 Å². The number of amides is 1. The molecule has 5 rings (SSSR count). The van der Waals surface area contributed by atoms with Crippen LogP contribution in [0.15, 0.2) is 72.3 Å². The number of fused-ring (bicyclic) bond motifs is 1. The van der Waals surface area contributed by atoms with Gasteiger partial charge < -0.3 is 9.84 Å². The van der Waals surface area contributed by atoms with Crippen LogP contribution in [0.2, 0.25) is 0 Å². The summed E-state index contributed by atoms with van der Waals surface area (Å²) in [5.74, 6) is -1.09. The number of halogens is 1. The van der Waals surface area contributed by atoms with E-state index in [0.717, 1.165) is 32.2 Å². The van der Waals surface area contributed by atoms with Gasteiger partial charge in [0.15, 0.2) is 5.13 Å². The van der Waals surface area contributed by atoms with Crippen LogP contribution in [-0.4, -0.2) is 28.4 Å². The number of nitrogens with zero attached hydrogens (tertiary/aromatic N) is 2. The zero-order valence-corrected chi connectivity index (χ0v) is 23.4. The van der Waals surface area contributed by atoms with Crippen molar-refractivity contribution in [3.63, 3.8) is 0 Å². The Morgan fingerprint density at radius 1 is 1.11 bits per heavy atom. The fourth-order valence-corrected chi connectivity index (χ4v) is 5.79. The van der Waals surface area contributed by atoms with Crippen LogP contribution in [-0.2, 0) is 9.59 Å². The number of carbonyl (C=O) groups is 2. The molecule has 0 spiro atoms. The number of Topliss-reactive ketones (excluding diaryl/α,β-unsaturated/α-hetero) is 1. The topological polar surface area (TPSA) is 79.7 Å². The number of benzene rings is 3. The van der Waals surface area contributed by atoms with E-state index in [4.69, 9.17) is 4.74 Å². The number of carbonyl (C=O) groups excluding carboxylic acids is 2. The molecule has 0 radical (unpaired) electrons. The van der Waals surface area contributed by atoms with Gasteiger partial charge in [0.1, 0.15) is 11.5 Å². The minimum Gasteiger partial charge on any atom is -0.507 e. The number of aliphatic hydroxyl groups excluding tert-OH is 1. The second-order valence-electron chi connectivity index (χ2n) is 8.92. The third-order valence-electron chi connectivity index (χ3n) is 6.24. The predicted octanol–water partition coefficient (Wildman–Crippen LogP) is 7.01. The van der Waals surface area contributed by atoms with E-state index in [9.17, 15) is 14.7 Å². The molecule has 0 bridgehead atoms. The number of aromatic nitrogens is 1. The maximum absolute atomic E-state index is 13.5. The fraction of sp³-hybridized carbons (Fsp3) is 0.207. The van der Waals surface area contributed by atoms with Gasteiger partial charge in [0.25, 0.3) is 5.78 Å². The number of ketones is 1. The maximum Gasteiger partial charge on any atom is 0.301 e. The Bertz CT molecular complexity index is 1530. The van der Waals surface area contributed by atoms with Crippen molar-refractivity contribution in [2.75, 3.05) is 11.5 Å². The van der Waals surface area contributed by atoms with Crippen molar-refractivity contribution in [2.24, 2.45) is 0 Å². The van der Waals surface area contributed by atoms with E-state index in [1.165, 1.54) is 16.2 Å². The average Bonchev–Trinajstić information content (AvgIpc) is 3.42. The molecule has 1 saturated heterocycles. The van der Waals surface area contributed by atoms with E-state index in [0.29, 0.717) is 28.6 Å². The van der Waals surface area contributed by atoms with Gasteiger partial charge in [-0.05, 0) is 83.5 Å². The van der Waals surface area contributed by atoms with E-state index in [-0.39, 0.29) is 11.3 Å². The summed E-state index contributed by atoms with van der Waals surface area (Å²) in [5, 5.41) is 11.9. The van der Waals surface area contributed by atoms with Crippen molar-refractivity contribution >= 4 is 66.7 Å². The Kier molecular flexibility index (Phi) is 7.30. The van der Waals surface area contributed by atoms with Gasteiger partial charge in [-0.15, -0.1) is 0 Å². The van der Waals surface area contributed by atoms with Gasteiger partial charge in [-0.25, -0.2) is 4.98 Å². The number of unbranched alkanes of at least 4 members (excludes halogenated alkanes) is 1. The number of anilines is 1. The number of aryl methyl sites for hydroxylation is 1. The minimum atomic E-state index is -0.816. The molecule has 1 amide bonds. The zero-order chi connectivity index (χ0) is 26.1. The van der Waals surface area contributed by atoms with Crippen LogP contribution < -0.4 is 9.64 Å². The Hall–Kier alpha value is -3.24. The van der Waals surface area contributed by atoms with Crippen LogP contribution >= 0.6 is 33.9 Å². The molecule has 1 aliphatic heterocycles. The molecule has 1 N–H and O–H groups in total. The van der Waals surface area contributed by atoms with Gasteiger partial charge >= 0.3 is 5.91 Å². The first-order chi connectivity index (χ1) is 17.9. The molecule has 1 aromatic heterocycles. The Morgan fingerprint density at radius 3 is 2.65 bits per heavy atom. The SMILES string of the molecule is CCCCOc1cccc(C(O)=C2C(=O)C(=O)N(c3nc4ccc(C)cc4s3)C2c2ccc(I)cc2)c1. The highest BCUT2D eigenvalue weighted by Gasteiger charge is 2.48. The molecule has 6 nitrogen and oxygen atoms in total. The van der Waals surface area contributed by atoms with Gasteiger partial charge in [0.2, 0.25) is 0 Å². The van der Waals surface area contributed by atoms with Crippen LogP contribution in [0.4, 0.5) is 5.13 Å². The lowest BCUT2D eigenvalue weighted by Crippen LogP contribution is -2.29. The predicted molar refractivity (Wildman–Crippen MR) is 155 cm³/mol. The van der Waals surface area contributed by atoms with Crippen LogP contribution in [0.5, 0.6) is 5.75 Å². The van der Waals surface area contributed by atoms with E-state index >= 15 is 0 Å². The van der Waals surface area contributed by atoms with Crippen molar-refractivity contribution < 1.29 is 19.4 Å². The average molecular weight is 625 g/mol. The molecule has 0 saturated carbocycles. The van der Waals surface area contributed by atoms with Crippen molar-refractivity contribution in [1.82, 2.24) is 4.98 Å². The highest BCUT2D eigenvalue weighted by Crippen LogP contribution is 2.44. The summed E-state index contributed by atoms with van der Waals surface area (Å²) in [4.78, 5) is 33.0. The molecule has 8 heteroatoms. The number of thiazole rings is 1. The molecule has 4 aromatic rings. The third-order valence-corrected chi connectivity index (χ3v) is 7.98. The first kappa shape index (κ1) is 25.4. The van der Waals surface area contributed by atoms with Crippen LogP contribution in [0.25, 0.3) is 16.0 Å². The second kappa shape index (κ2) is 10.6. The fourth-order valence-electron chi connectivity index (χ4n) is 4.34. The number of rotatable bonds is 7. The largest absolute Gasteiger partial charge is 0.507 e. The summed E-state index contributed by atoms with van der Waals surface area (Å²) < 4.78 is 7.75. The third kappa shape index (κ3) is 5.00. The molecular formula is C29H25IN2O4S. The minimum absolute atomic E-state index is 0.0346. The lowest BCUT2D eigenvalue weighted by atomic mass is 9.95. The standard InChI is InChI=1S/C29H25IN2O4S/c1-3-4-14-36-21-7-5-6-19(16-21)26(33)24-25(18-9-11-20(30)12-10-18)32(28(35)27(24)34)29-31-22-13-8-17(2)15-23(22)37-29/h5-13,15-16,25,33H,3-4,14H2,1-2H3. The molecule has 1 atom stereocenters. The van der Waals surface area contributed by atoms with Gasteiger partial charge in [0, 0.05) is 9.13 Å². The number of hydrogen-bond acceptors (Lipinski definition) is 6. The first-order valence-corrected chi connectivity index (χ1v) is 13.9. The van der Waals surface area contributed by atoms with Gasteiger partial charge in [-0.3, -0.25) is 14.5 Å². The van der Waals surface area contributed by atoms with Crippen molar-refractivity contribution in [1.29, 1.82) is 0 Å². The first-order valence-electron chi connectivity index (χ1n) is 12.0. The van der Waals surface area contributed by atoms with Gasteiger partial charge in [-0.1, -0.05) is 55.0 Å². The number of hydrogen-bond donors (Lipinski definition) is 1. The van der Waals surface area contributed by atoms with Crippen molar-refractivity contribution in [2.45, 2.75) is 32.7 Å². The van der Waals surface area contributed by atoms with Crippen LogP contribution in [0.1, 0.15) is 42.5 Å². The summed E-state index contributed by atoms with van der Waals surface area (Å²) in [6.45, 7) is 4.64. The summed E-state index contributed by atoms with van der Waals surface area (Å²) in [6.07, 6.45) is 1.92. The molecule has 1 fully saturated rings. The van der Waals surface area contributed by atoms with Crippen molar-refractivity contribution in [3.05, 3.63) is 92.6 Å². The summed E-state index contributed by atoms with van der Waals surface area (Å²) >= 11 is 3.56. The van der Waals surface area contributed by atoms with E-state index in [2.05, 4.69) is 34.5 Å². The van der Waals surface area contributed by atoms with Crippen molar-refractivity contribution in [3.8, 4) is 5.75 Å². The highest BCUT2D eigenvalue weighted by atomic mass is 127. The lowest BCUT2D eigenvalue weighted by Gasteiger charge is -2.23. The Morgan fingerprint density at radius 2 is 1.89 bits per heavy atom. The lowest BCUT2D eigenvalue weighted by molar-refractivity contribution is -0.132. The second-order valence-corrected chi connectivity index (χ2v) is 11.2. The van der Waals surface area contributed by atoms with E-state index in [1.54, 1.807) is 18.2 Å². The summed E-state index contributed by atoms with van der Waals surface area (Å²) in [5.41, 5.74) is 3.01. The van der Waals surface area contributed by atoms with Gasteiger partial charge in [-0.2, -0.15) is 0 Å². The smallest absolute Gasteiger partial charge is 0.301 e. The molecule has 1 unspecified atom stereocenters. The molecule has 188 valence electrons. The number of ether oxygens (including phenoxy) is 1. The van der Waals surface area contributed by atoms with E-state index < -0.39 is 17.7 Å². The molecule has 0 aliphatic carbocycles. The summed E-state index contributed by atoms with van der Waals surface area (Å²) in [7, 11) is 0. The van der Waals surface area contributed by atoms with Crippen LogP contribution in [0.3, 0.4) is 0 Å². The monoisotopic (exact) mass is 624 g/mol. The quantitative estimate of drug-likeness (QED) is 0.0787. The zero-order valence-electron chi connectivity index (χ0n) is 20.4. The Labute approximate surface area is 232 Å². The van der Waals surface area contributed by atoms with Gasteiger partial charge in [0.05, 0.1) is 28.4 Å². The molecular weight excluding hydrogens is 599 g/mol. The number of aliphatic hydroxyl groups is 1. The molecule has 2 heterocycles. The molecule has 37 heavy (non-hydrogen) atoms. The maximum atomic E-state index is 13.5. The summed E-state index contributed by atoms with van der Waals surface area (Å²) in [6, 6.07) is 19.6. The molecule has 1 aliphatic rings. The Balaban J connectivity index is 1.64.